The highest BCUT2D eigenvalue weighted by molar-refractivity contribution is 9.10. The van der Waals surface area contributed by atoms with Crippen molar-refractivity contribution in [2.45, 2.75) is 0 Å². The predicted octanol–water partition coefficient (Wildman–Crippen LogP) is 7.10. The monoisotopic (exact) mass is 424 g/mol. The molecule has 2 aromatic heterocycles. The molecular weight excluding hydrogens is 408 g/mol. The summed E-state index contributed by atoms with van der Waals surface area (Å²) in [5.74, 6) is 0. The van der Waals surface area contributed by atoms with E-state index in [9.17, 15) is 0 Å². The maximum atomic E-state index is 4.97. The number of halogens is 1. The van der Waals surface area contributed by atoms with E-state index in [0.29, 0.717) is 0 Å². The molecule has 5 aromatic rings. The Morgan fingerprint density at radius 1 is 0.607 bits per heavy atom. The average Bonchev–Trinajstić information content (AvgIpc) is 3.18. The summed E-state index contributed by atoms with van der Waals surface area (Å²) in [7, 11) is 0. The van der Waals surface area contributed by atoms with Crippen molar-refractivity contribution in [1.82, 2.24) is 9.38 Å². The smallest absolute Gasteiger partial charge is 0.145 e. The van der Waals surface area contributed by atoms with E-state index in [0.717, 1.165) is 32.5 Å². The number of nitrogens with zero attached hydrogens (tertiary/aromatic N) is 2. The zero-order chi connectivity index (χ0) is 18.9. The Morgan fingerprint density at radius 2 is 1.29 bits per heavy atom. The van der Waals surface area contributed by atoms with E-state index in [1.165, 1.54) is 11.1 Å². The van der Waals surface area contributed by atoms with Gasteiger partial charge < -0.3 is 4.40 Å². The first kappa shape index (κ1) is 17.0. The van der Waals surface area contributed by atoms with Crippen LogP contribution in [0.2, 0.25) is 0 Å². The Morgan fingerprint density at radius 3 is 2.00 bits per heavy atom. The lowest BCUT2D eigenvalue weighted by Gasteiger charge is -2.09. The van der Waals surface area contributed by atoms with Gasteiger partial charge in [0.15, 0.2) is 0 Å². The quantitative estimate of drug-likeness (QED) is 0.301. The fourth-order valence-corrected chi connectivity index (χ4v) is 3.90. The minimum Gasteiger partial charge on any atom is -0.305 e. The lowest BCUT2D eigenvalue weighted by molar-refractivity contribution is 1.19. The van der Waals surface area contributed by atoms with Crippen molar-refractivity contribution in [3.8, 4) is 33.5 Å². The maximum absolute atomic E-state index is 4.97. The van der Waals surface area contributed by atoms with Crippen LogP contribution in [-0.4, -0.2) is 9.38 Å². The number of aromatic nitrogens is 2. The van der Waals surface area contributed by atoms with Gasteiger partial charge in [-0.2, -0.15) is 0 Å². The second-order valence-corrected chi connectivity index (χ2v) is 7.66. The standard InChI is InChI=1S/C25H17BrN2/c26-22-13-7-12-20(14-22)23-15-21(18-8-3-1-4-9-18)16-28-17-24(27-25(23)28)19-10-5-2-6-11-19/h1-17H. The Labute approximate surface area is 172 Å². The Bertz CT molecular complexity index is 1260. The summed E-state index contributed by atoms with van der Waals surface area (Å²) >= 11 is 3.60. The van der Waals surface area contributed by atoms with Gasteiger partial charge in [-0.3, -0.25) is 0 Å². The number of fused-ring (bicyclic) bond motifs is 1. The van der Waals surface area contributed by atoms with Crippen molar-refractivity contribution in [1.29, 1.82) is 0 Å². The molecule has 0 N–H and O–H groups in total. The van der Waals surface area contributed by atoms with Gasteiger partial charge in [-0.15, -0.1) is 0 Å². The van der Waals surface area contributed by atoms with Crippen LogP contribution in [0.1, 0.15) is 0 Å². The van der Waals surface area contributed by atoms with Crippen LogP contribution < -0.4 is 0 Å². The van der Waals surface area contributed by atoms with Crippen LogP contribution in [0.15, 0.2) is 108 Å². The molecule has 0 amide bonds. The number of rotatable bonds is 3. The molecule has 0 aliphatic heterocycles. The SMILES string of the molecule is Brc1cccc(-c2cc(-c3ccccc3)cn3cc(-c4ccccc4)nc23)c1. The van der Waals surface area contributed by atoms with Crippen LogP contribution in [0.3, 0.4) is 0 Å². The summed E-state index contributed by atoms with van der Waals surface area (Å²) in [6.07, 6.45) is 4.27. The molecule has 2 nitrogen and oxygen atoms in total. The molecule has 0 fully saturated rings. The molecule has 28 heavy (non-hydrogen) atoms. The lowest BCUT2D eigenvalue weighted by Crippen LogP contribution is -1.91. The lowest BCUT2D eigenvalue weighted by atomic mass is 10.0. The van der Waals surface area contributed by atoms with Gasteiger partial charge >= 0.3 is 0 Å². The van der Waals surface area contributed by atoms with Crippen molar-refractivity contribution in [2.24, 2.45) is 0 Å². The van der Waals surface area contributed by atoms with Crippen LogP contribution in [-0.2, 0) is 0 Å². The molecule has 2 heterocycles. The molecule has 5 rings (SSSR count). The second-order valence-electron chi connectivity index (χ2n) is 6.74. The van der Waals surface area contributed by atoms with Crippen LogP contribution in [0.5, 0.6) is 0 Å². The van der Waals surface area contributed by atoms with Gasteiger partial charge in [-0.1, -0.05) is 88.7 Å². The minimum atomic E-state index is 0.955. The summed E-state index contributed by atoms with van der Waals surface area (Å²) in [5, 5.41) is 0. The fraction of sp³-hybridized carbons (Fsp3) is 0. The molecule has 0 aliphatic rings. The predicted molar refractivity (Wildman–Crippen MR) is 119 cm³/mol. The van der Waals surface area contributed by atoms with Crippen molar-refractivity contribution in [2.75, 3.05) is 0 Å². The number of hydrogen-bond donors (Lipinski definition) is 0. The van der Waals surface area contributed by atoms with Crippen molar-refractivity contribution >= 4 is 21.6 Å². The molecule has 3 aromatic carbocycles. The zero-order valence-corrected chi connectivity index (χ0v) is 16.7. The Hall–Kier alpha value is -3.17. The van der Waals surface area contributed by atoms with Crippen LogP contribution in [0.25, 0.3) is 39.2 Å². The first-order valence-corrected chi connectivity index (χ1v) is 9.97. The first-order valence-electron chi connectivity index (χ1n) is 9.17. The van der Waals surface area contributed by atoms with Gasteiger partial charge in [0.25, 0.3) is 0 Å². The number of imidazole rings is 1. The summed E-state index contributed by atoms with van der Waals surface area (Å²) in [5.41, 5.74) is 7.66. The molecule has 0 radical (unpaired) electrons. The van der Waals surface area contributed by atoms with E-state index < -0.39 is 0 Å². The topological polar surface area (TPSA) is 17.3 Å². The van der Waals surface area contributed by atoms with Gasteiger partial charge in [0.2, 0.25) is 0 Å². The van der Waals surface area contributed by atoms with E-state index in [-0.39, 0.29) is 0 Å². The first-order chi connectivity index (χ1) is 13.8. The highest BCUT2D eigenvalue weighted by Crippen LogP contribution is 2.33. The van der Waals surface area contributed by atoms with E-state index >= 15 is 0 Å². The van der Waals surface area contributed by atoms with Gasteiger partial charge in [-0.05, 0) is 34.9 Å². The Balaban J connectivity index is 1.78. The third-order valence-corrected chi connectivity index (χ3v) is 5.36. The summed E-state index contributed by atoms with van der Waals surface area (Å²) < 4.78 is 3.20. The number of benzene rings is 3. The molecule has 0 unspecified atom stereocenters. The molecule has 0 spiro atoms. The van der Waals surface area contributed by atoms with Gasteiger partial charge in [0, 0.05) is 28.0 Å². The molecule has 0 saturated heterocycles. The third kappa shape index (κ3) is 3.14. The second kappa shape index (κ2) is 7.10. The zero-order valence-electron chi connectivity index (χ0n) is 15.1. The highest BCUT2D eigenvalue weighted by Gasteiger charge is 2.13. The van der Waals surface area contributed by atoms with Gasteiger partial charge in [0.05, 0.1) is 5.69 Å². The fourth-order valence-electron chi connectivity index (χ4n) is 3.50. The van der Waals surface area contributed by atoms with E-state index in [1.807, 2.05) is 30.3 Å². The highest BCUT2D eigenvalue weighted by atomic mass is 79.9. The Kier molecular flexibility index (Phi) is 4.30. The normalized spacial score (nSPS) is 11.0. The van der Waals surface area contributed by atoms with Gasteiger partial charge in [-0.25, -0.2) is 4.98 Å². The van der Waals surface area contributed by atoms with E-state index in [4.69, 9.17) is 4.98 Å². The summed E-state index contributed by atoms with van der Waals surface area (Å²) in [6.45, 7) is 0. The molecular formula is C25H17BrN2. The minimum absolute atomic E-state index is 0.955. The van der Waals surface area contributed by atoms with Crippen LogP contribution >= 0.6 is 15.9 Å². The van der Waals surface area contributed by atoms with Crippen molar-refractivity contribution in [3.63, 3.8) is 0 Å². The van der Waals surface area contributed by atoms with Gasteiger partial charge in [0.1, 0.15) is 5.65 Å². The molecule has 0 bridgehead atoms. The molecule has 0 aliphatic carbocycles. The average molecular weight is 425 g/mol. The number of hydrogen-bond acceptors (Lipinski definition) is 1. The van der Waals surface area contributed by atoms with E-state index in [2.05, 4.69) is 93.4 Å². The summed E-state index contributed by atoms with van der Waals surface area (Å²) in [6, 6.07) is 31.4. The maximum Gasteiger partial charge on any atom is 0.145 e. The molecule has 0 saturated carbocycles. The van der Waals surface area contributed by atoms with Crippen LogP contribution in [0.4, 0.5) is 0 Å². The molecule has 0 atom stereocenters. The molecule has 3 heteroatoms. The van der Waals surface area contributed by atoms with E-state index in [1.54, 1.807) is 0 Å². The summed E-state index contributed by atoms with van der Waals surface area (Å²) in [4.78, 5) is 4.97. The van der Waals surface area contributed by atoms with Crippen molar-refractivity contribution in [3.05, 3.63) is 108 Å². The third-order valence-electron chi connectivity index (χ3n) is 4.86. The largest absolute Gasteiger partial charge is 0.305 e. The molecule has 134 valence electrons. The van der Waals surface area contributed by atoms with Crippen molar-refractivity contribution < 1.29 is 0 Å². The van der Waals surface area contributed by atoms with Crippen LogP contribution in [0, 0.1) is 0 Å². The number of pyridine rings is 1.